The molecule has 0 saturated heterocycles. The van der Waals surface area contributed by atoms with E-state index in [1.54, 1.807) is 6.08 Å². The number of ether oxygens (including phenoxy) is 1. The minimum Gasteiger partial charge on any atom is -0.436 e. The molecule has 24 heavy (non-hydrogen) atoms. The van der Waals surface area contributed by atoms with Crippen LogP contribution in [0.5, 0.6) is 5.75 Å². The summed E-state index contributed by atoms with van der Waals surface area (Å²) in [5.74, 6) is 0.0368. The predicted molar refractivity (Wildman–Crippen MR) is 85.6 cm³/mol. The Morgan fingerprint density at radius 3 is 2.96 bits per heavy atom. The van der Waals surface area contributed by atoms with Crippen LogP contribution in [-0.4, -0.2) is 21.5 Å². The highest BCUT2D eigenvalue weighted by molar-refractivity contribution is 9.09. The van der Waals surface area contributed by atoms with E-state index in [0.29, 0.717) is 23.1 Å². The van der Waals surface area contributed by atoms with Crippen LogP contribution in [0.25, 0.3) is 16.7 Å². The van der Waals surface area contributed by atoms with Crippen LogP contribution in [0.1, 0.15) is 17.9 Å². The van der Waals surface area contributed by atoms with Gasteiger partial charge < -0.3 is 14.3 Å². The van der Waals surface area contributed by atoms with Gasteiger partial charge in [0.05, 0.1) is 28.6 Å². The fraction of sp³-hybridized carbons (Fsp3) is 0.250. The van der Waals surface area contributed by atoms with Gasteiger partial charge in [0.15, 0.2) is 5.58 Å². The van der Waals surface area contributed by atoms with Crippen molar-refractivity contribution in [2.75, 3.05) is 0 Å². The molecule has 5 nitrogen and oxygen atoms in total. The molecule has 1 heterocycles. The van der Waals surface area contributed by atoms with Gasteiger partial charge in [-0.2, -0.15) is 14.0 Å². The van der Waals surface area contributed by atoms with E-state index in [0.717, 1.165) is 0 Å². The van der Waals surface area contributed by atoms with Crippen LogP contribution in [0.4, 0.5) is 8.78 Å². The van der Waals surface area contributed by atoms with Crippen molar-refractivity contribution in [2.24, 2.45) is 0 Å². The molecule has 1 aliphatic rings. The highest BCUT2D eigenvalue weighted by atomic mass is 79.9. The highest BCUT2D eigenvalue weighted by Gasteiger charge is 2.22. The second-order valence-corrected chi connectivity index (χ2v) is 6.13. The molecule has 8 heteroatoms. The van der Waals surface area contributed by atoms with Crippen molar-refractivity contribution in [3.05, 3.63) is 41.3 Å². The normalized spacial score (nSPS) is 17.6. The van der Waals surface area contributed by atoms with Gasteiger partial charge in [-0.05, 0) is 12.5 Å². The maximum atomic E-state index is 12.5. The fourth-order valence-electron chi connectivity index (χ4n) is 2.44. The van der Waals surface area contributed by atoms with E-state index < -0.39 is 13.2 Å². The van der Waals surface area contributed by atoms with Gasteiger partial charge in [0.2, 0.25) is 5.89 Å². The molecule has 0 bridgehead atoms. The van der Waals surface area contributed by atoms with Crippen molar-refractivity contribution in [1.82, 2.24) is 4.98 Å². The lowest BCUT2D eigenvalue weighted by Gasteiger charge is -2.12. The van der Waals surface area contributed by atoms with Gasteiger partial charge in [-0.3, -0.25) is 0 Å². The van der Waals surface area contributed by atoms with E-state index in [9.17, 15) is 19.1 Å². The topological polar surface area (TPSA) is 79.3 Å². The van der Waals surface area contributed by atoms with Gasteiger partial charge in [0, 0.05) is 11.6 Å². The Morgan fingerprint density at radius 2 is 2.29 bits per heavy atom. The van der Waals surface area contributed by atoms with Crippen LogP contribution < -0.4 is 4.74 Å². The minimum absolute atomic E-state index is 0.136. The van der Waals surface area contributed by atoms with Crippen LogP contribution >= 0.6 is 15.9 Å². The van der Waals surface area contributed by atoms with Gasteiger partial charge in [-0.1, -0.05) is 28.1 Å². The second-order valence-electron chi connectivity index (χ2n) is 5.03. The summed E-state index contributed by atoms with van der Waals surface area (Å²) in [5.41, 5.74) is 1.80. The number of hydrogen-bond acceptors (Lipinski definition) is 5. The third-order valence-electron chi connectivity index (χ3n) is 3.54. The molecule has 1 aromatic carbocycles. The number of benzene rings is 1. The smallest absolute Gasteiger partial charge is 0.387 e. The quantitative estimate of drug-likeness (QED) is 0.792. The standard InChI is InChI=1S/C16H11BrF2N2O3/c17-11-3-1-2-9(10(11)6-20)15-21-12-4-8(7-22)13(24-16(18)19)5-14(12)23-15/h1-2,4-5,11,16,22H,3,7H2. The Hall–Kier alpha value is -2.24. The maximum absolute atomic E-state index is 12.5. The van der Waals surface area contributed by atoms with Gasteiger partial charge in [-0.25, -0.2) is 4.98 Å². The molecule has 0 aliphatic heterocycles. The minimum atomic E-state index is -3.02. The zero-order valence-electron chi connectivity index (χ0n) is 12.2. The zero-order valence-corrected chi connectivity index (χ0v) is 13.8. The highest BCUT2D eigenvalue weighted by Crippen LogP contribution is 2.34. The molecular weight excluding hydrogens is 386 g/mol. The number of nitrogens with zero attached hydrogens (tertiary/aromatic N) is 2. The summed E-state index contributed by atoms with van der Waals surface area (Å²) < 4.78 is 34.9. The van der Waals surface area contributed by atoms with Crippen LogP contribution in [0.2, 0.25) is 0 Å². The Kier molecular flexibility index (Phi) is 4.64. The van der Waals surface area contributed by atoms with E-state index >= 15 is 0 Å². The fourth-order valence-corrected chi connectivity index (χ4v) is 3.01. The second kappa shape index (κ2) is 6.71. The number of rotatable bonds is 4. The van der Waals surface area contributed by atoms with Gasteiger partial charge in [-0.15, -0.1) is 0 Å². The van der Waals surface area contributed by atoms with Crippen molar-refractivity contribution < 1.29 is 23.0 Å². The molecule has 1 unspecified atom stereocenters. The summed E-state index contributed by atoms with van der Waals surface area (Å²) in [5, 5.41) is 18.6. The van der Waals surface area contributed by atoms with Crippen molar-refractivity contribution in [3.63, 3.8) is 0 Å². The van der Waals surface area contributed by atoms with Crippen molar-refractivity contribution in [1.29, 1.82) is 5.26 Å². The molecule has 0 spiro atoms. The Labute approximate surface area is 144 Å². The average molecular weight is 397 g/mol. The number of aliphatic hydroxyl groups is 1. The molecule has 2 aromatic rings. The first kappa shape index (κ1) is 16.6. The SMILES string of the molecule is N#CC1=C(c2nc3cc(CO)c(OC(F)F)cc3o2)C=CCC1Br. The number of alkyl halides is 3. The third kappa shape index (κ3) is 3.05. The summed E-state index contributed by atoms with van der Waals surface area (Å²) in [6.45, 7) is -3.49. The number of fused-ring (bicyclic) bond motifs is 1. The number of allylic oxidation sites excluding steroid dienone is 4. The molecular formula is C16H11BrF2N2O3. The summed E-state index contributed by atoms with van der Waals surface area (Å²) in [6, 6.07) is 4.80. The van der Waals surface area contributed by atoms with Gasteiger partial charge in [0.1, 0.15) is 11.3 Å². The lowest BCUT2D eigenvalue weighted by molar-refractivity contribution is -0.0508. The Balaban J connectivity index is 2.12. The van der Waals surface area contributed by atoms with Gasteiger partial charge in [0.25, 0.3) is 0 Å². The molecule has 1 atom stereocenters. The molecule has 0 fully saturated rings. The average Bonchev–Trinajstić information content (AvgIpc) is 2.95. The first-order valence-electron chi connectivity index (χ1n) is 6.98. The first-order valence-corrected chi connectivity index (χ1v) is 7.89. The number of halogens is 3. The maximum Gasteiger partial charge on any atom is 0.387 e. The number of aliphatic hydroxyl groups excluding tert-OH is 1. The van der Waals surface area contributed by atoms with E-state index in [1.165, 1.54) is 12.1 Å². The number of aromatic nitrogens is 1. The Morgan fingerprint density at radius 1 is 1.50 bits per heavy atom. The lowest BCUT2D eigenvalue weighted by Crippen LogP contribution is -2.06. The Bertz CT molecular complexity index is 883. The lowest BCUT2D eigenvalue weighted by atomic mass is 9.98. The third-order valence-corrected chi connectivity index (χ3v) is 4.37. The first-order chi connectivity index (χ1) is 11.5. The zero-order chi connectivity index (χ0) is 17.3. The van der Waals surface area contributed by atoms with Crippen LogP contribution in [-0.2, 0) is 6.61 Å². The molecule has 0 radical (unpaired) electrons. The van der Waals surface area contributed by atoms with E-state index in [4.69, 9.17) is 4.42 Å². The molecule has 1 N–H and O–H groups in total. The molecule has 0 saturated carbocycles. The summed E-state index contributed by atoms with van der Waals surface area (Å²) in [6.07, 6.45) is 4.30. The molecule has 3 rings (SSSR count). The molecule has 1 aromatic heterocycles. The van der Waals surface area contributed by atoms with E-state index in [2.05, 4.69) is 31.7 Å². The molecule has 1 aliphatic carbocycles. The predicted octanol–water partition coefficient (Wildman–Crippen LogP) is 3.92. The van der Waals surface area contributed by atoms with Crippen LogP contribution in [0, 0.1) is 11.3 Å². The number of nitriles is 1. The number of hydrogen-bond donors (Lipinski definition) is 1. The van der Waals surface area contributed by atoms with Gasteiger partial charge >= 0.3 is 6.61 Å². The van der Waals surface area contributed by atoms with Crippen molar-refractivity contribution in [3.8, 4) is 11.8 Å². The summed E-state index contributed by atoms with van der Waals surface area (Å²) >= 11 is 3.42. The summed E-state index contributed by atoms with van der Waals surface area (Å²) in [4.78, 5) is 4.16. The van der Waals surface area contributed by atoms with E-state index in [-0.39, 0.29) is 27.6 Å². The molecule has 0 amide bonds. The van der Waals surface area contributed by atoms with Crippen LogP contribution in [0.3, 0.4) is 0 Å². The van der Waals surface area contributed by atoms with Crippen molar-refractivity contribution >= 4 is 32.6 Å². The van der Waals surface area contributed by atoms with Crippen molar-refractivity contribution in [2.45, 2.75) is 24.5 Å². The monoisotopic (exact) mass is 396 g/mol. The summed E-state index contributed by atoms with van der Waals surface area (Å²) in [7, 11) is 0. The largest absolute Gasteiger partial charge is 0.436 e. The number of oxazole rings is 1. The van der Waals surface area contributed by atoms with E-state index in [1.807, 2.05) is 6.08 Å². The molecule has 124 valence electrons. The van der Waals surface area contributed by atoms with Crippen LogP contribution in [0.15, 0.2) is 34.3 Å².